The first-order valence-electron chi connectivity index (χ1n) is 5.59. The van der Waals surface area contributed by atoms with Gasteiger partial charge in [-0.15, -0.1) is 4.37 Å². The molecular formula is C11H18N3OS+. The molecule has 4 nitrogen and oxygen atoms in total. The van der Waals surface area contributed by atoms with Crippen LogP contribution in [0.1, 0.15) is 19.0 Å². The van der Waals surface area contributed by atoms with Crippen LogP contribution in [0.5, 0.6) is 5.88 Å². The highest BCUT2D eigenvalue weighted by molar-refractivity contribution is 6.99. The standard InChI is InChI=1S/C11H18N3OS/c1-4-15-11-10(12-16-13-11)9-6-5-7-14(2,3)8-9/h6H,4-5,7-8H2,1-3H3/q+1. The number of hydrogen-bond acceptors (Lipinski definition) is 4. The largest absolute Gasteiger partial charge is 0.476 e. The molecule has 2 rings (SSSR count). The van der Waals surface area contributed by atoms with Crippen molar-refractivity contribution in [2.75, 3.05) is 33.8 Å². The Morgan fingerprint density at radius 1 is 1.44 bits per heavy atom. The molecule has 5 heteroatoms. The molecule has 1 aliphatic rings. The van der Waals surface area contributed by atoms with Crippen LogP contribution >= 0.6 is 11.7 Å². The van der Waals surface area contributed by atoms with Gasteiger partial charge >= 0.3 is 0 Å². The zero-order chi connectivity index (χ0) is 11.6. The molecule has 16 heavy (non-hydrogen) atoms. The van der Waals surface area contributed by atoms with Gasteiger partial charge in [0, 0.05) is 12.0 Å². The molecule has 88 valence electrons. The van der Waals surface area contributed by atoms with Crippen LogP contribution in [0.25, 0.3) is 5.57 Å². The Kier molecular flexibility index (Phi) is 3.25. The lowest BCUT2D eigenvalue weighted by molar-refractivity contribution is -0.883. The molecule has 1 aromatic rings. The first kappa shape index (κ1) is 11.5. The zero-order valence-corrected chi connectivity index (χ0v) is 10.9. The molecule has 1 aliphatic heterocycles. The monoisotopic (exact) mass is 240 g/mol. The Hall–Kier alpha value is -0.940. The summed E-state index contributed by atoms with van der Waals surface area (Å²) in [5.74, 6) is 0.695. The average Bonchev–Trinajstić information content (AvgIpc) is 2.65. The highest BCUT2D eigenvalue weighted by atomic mass is 32.1. The van der Waals surface area contributed by atoms with Crippen molar-refractivity contribution in [3.05, 3.63) is 11.8 Å². The van der Waals surface area contributed by atoms with E-state index in [2.05, 4.69) is 28.9 Å². The van der Waals surface area contributed by atoms with Crippen molar-refractivity contribution in [2.45, 2.75) is 13.3 Å². The van der Waals surface area contributed by atoms with E-state index in [1.54, 1.807) is 0 Å². The van der Waals surface area contributed by atoms with Crippen LogP contribution in [0.2, 0.25) is 0 Å². The van der Waals surface area contributed by atoms with E-state index in [1.807, 2.05) is 6.92 Å². The smallest absolute Gasteiger partial charge is 0.253 e. The van der Waals surface area contributed by atoms with Crippen molar-refractivity contribution in [3.63, 3.8) is 0 Å². The summed E-state index contributed by atoms with van der Waals surface area (Å²) in [5.41, 5.74) is 2.21. The predicted octanol–water partition coefficient (Wildman–Crippen LogP) is 1.80. The SMILES string of the molecule is CCOc1nsnc1C1=CCC[N+](C)(C)C1. The van der Waals surface area contributed by atoms with Gasteiger partial charge < -0.3 is 9.22 Å². The van der Waals surface area contributed by atoms with Gasteiger partial charge in [0.05, 0.1) is 39.0 Å². The normalized spacial score (nSPS) is 19.3. The number of hydrogen-bond donors (Lipinski definition) is 0. The average molecular weight is 240 g/mol. The Bertz CT molecular complexity index is 398. The van der Waals surface area contributed by atoms with E-state index in [0.717, 1.165) is 23.1 Å². The number of aromatic nitrogens is 2. The minimum atomic E-state index is 0.643. The second-order valence-corrected chi connectivity index (χ2v) is 5.21. The molecule has 0 bridgehead atoms. The first-order chi connectivity index (χ1) is 7.62. The van der Waals surface area contributed by atoms with Crippen LogP contribution in [-0.2, 0) is 0 Å². The topological polar surface area (TPSA) is 35.0 Å². The maximum Gasteiger partial charge on any atom is 0.253 e. The van der Waals surface area contributed by atoms with Crippen LogP contribution in [0.4, 0.5) is 0 Å². The van der Waals surface area contributed by atoms with Gasteiger partial charge in [-0.2, -0.15) is 4.37 Å². The molecule has 0 aliphatic carbocycles. The molecule has 0 atom stereocenters. The predicted molar refractivity (Wildman–Crippen MR) is 65.5 cm³/mol. The van der Waals surface area contributed by atoms with Crippen LogP contribution in [0.3, 0.4) is 0 Å². The van der Waals surface area contributed by atoms with Gasteiger partial charge in [0.25, 0.3) is 5.88 Å². The van der Waals surface area contributed by atoms with Crippen molar-refractivity contribution < 1.29 is 9.22 Å². The van der Waals surface area contributed by atoms with E-state index in [0.29, 0.717) is 12.5 Å². The highest BCUT2D eigenvalue weighted by Gasteiger charge is 2.25. The molecule has 2 heterocycles. The van der Waals surface area contributed by atoms with E-state index < -0.39 is 0 Å². The summed E-state index contributed by atoms with van der Waals surface area (Å²) in [7, 11) is 4.49. The molecule has 1 aromatic heterocycles. The lowest BCUT2D eigenvalue weighted by atomic mass is 10.1. The fraction of sp³-hybridized carbons (Fsp3) is 0.636. The molecule has 0 N–H and O–H groups in total. The fourth-order valence-corrected chi connectivity index (χ4v) is 2.50. The molecule has 0 radical (unpaired) electrons. The van der Waals surface area contributed by atoms with Gasteiger partial charge in [-0.1, -0.05) is 6.08 Å². The number of ether oxygens (including phenoxy) is 1. The van der Waals surface area contributed by atoms with Crippen molar-refractivity contribution in [2.24, 2.45) is 0 Å². The lowest BCUT2D eigenvalue weighted by Crippen LogP contribution is -2.43. The van der Waals surface area contributed by atoms with Crippen LogP contribution in [0, 0.1) is 0 Å². The third kappa shape index (κ3) is 2.41. The molecule has 0 aromatic carbocycles. The van der Waals surface area contributed by atoms with E-state index >= 15 is 0 Å². The summed E-state index contributed by atoms with van der Waals surface area (Å²) in [4.78, 5) is 0. The Morgan fingerprint density at radius 2 is 2.25 bits per heavy atom. The van der Waals surface area contributed by atoms with E-state index in [4.69, 9.17) is 4.74 Å². The van der Waals surface area contributed by atoms with E-state index in [9.17, 15) is 0 Å². The number of rotatable bonds is 3. The summed E-state index contributed by atoms with van der Waals surface area (Å²) < 4.78 is 15.0. The van der Waals surface area contributed by atoms with Crippen molar-refractivity contribution in [1.82, 2.24) is 8.75 Å². The fourth-order valence-electron chi connectivity index (χ4n) is 1.97. The highest BCUT2D eigenvalue weighted by Crippen LogP contribution is 2.28. The van der Waals surface area contributed by atoms with Crippen molar-refractivity contribution in [3.8, 4) is 5.88 Å². The summed E-state index contributed by atoms with van der Waals surface area (Å²) >= 11 is 1.23. The minimum Gasteiger partial charge on any atom is -0.476 e. The second-order valence-electron chi connectivity index (χ2n) is 4.69. The van der Waals surface area contributed by atoms with E-state index in [1.165, 1.54) is 23.8 Å². The molecule has 0 unspecified atom stereocenters. The van der Waals surface area contributed by atoms with Gasteiger partial charge in [-0.25, -0.2) is 0 Å². The molecular weight excluding hydrogens is 222 g/mol. The van der Waals surface area contributed by atoms with Gasteiger partial charge in [0.2, 0.25) is 0 Å². The summed E-state index contributed by atoms with van der Waals surface area (Å²) in [6.07, 6.45) is 3.37. The Morgan fingerprint density at radius 3 is 2.94 bits per heavy atom. The lowest BCUT2D eigenvalue weighted by Gasteiger charge is -2.33. The molecule has 0 spiro atoms. The van der Waals surface area contributed by atoms with Crippen LogP contribution < -0.4 is 4.74 Å². The summed E-state index contributed by atoms with van der Waals surface area (Å²) in [6.45, 7) is 4.80. The molecule has 0 amide bonds. The first-order valence-corrected chi connectivity index (χ1v) is 6.32. The molecule has 0 fully saturated rings. The Labute approximate surface area is 100 Å². The van der Waals surface area contributed by atoms with Gasteiger partial charge in [0.15, 0.2) is 0 Å². The van der Waals surface area contributed by atoms with Crippen molar-refractivity contribution >= 4 is 17.3 Å². The molecule has 0 saturated carbocycles. The van der Waals surface area contributed by atoms with Gasteiger partial charge in [0.1, 0.15) is 12.2 Å². The summed E-state index contributed by atoms with van der Waals surface area (Å²) in [6, 6.07) is 0. The van der Waals surface area contributed by atoms with Crippen LogP contribution in [-0.4, -0.2) is 47.0 Å². The molecule has 0 saturated heterocycles. The third-order valence-corrected chi connectivity index (χ3v) is 3.28. The van der Waals surface area contributed by atoms with Gasteiger partial charge in [-0.3, -0.25) is 0 Å². The van der Waals surface area contributed by atoms with E-state index in [-0.39, 0.29) is 0 Å². The number of likely N-dealkylation sites (N-methyl/N-ethyl adjacent to an activating group) is 1. The van der Waals surface area contributed by atoms with Gasteiger partial charge in [-0.05, 0) is 6.92 Å². The quantitative estimate of drug-likeness (QED) is 0.756. The number of quaternary nitrogens is 1. The second kappa shape index (κ2) is 4.51. The Balaban J connectivity index is 2.23. The minimum absolute atomic E-state index is 0.643. The van der Waals surface area contributed by atoms with Crippen molar-refractivity contribution in [1.29, 1.82) is 0 Å². The maximum absolute atomic E-state index is 5.49. The summed E-state index contributed by atoms with van der Waals surface area (Å²) in [5, 5.41) is 0. The van der Waals surface area contributed by atoms with Crippen LogP contribution in [0.15, 0.2) is 6.08 Å². The zero-order valence-electron chi connectivity index (χ0n) is 10.1. The number of nitrogens with zero attached hydrogens (tertiary/aromatic N) is 3. The maximum atomic E-state index is 5.49. The third-order valence-electron chi connectivity index (χ3n) is 2.77.